The molecule has 0 aromatic heterocycles. The topological polar surface area (TPSA) is 58.2 Å². The highest BCUT2D eigenvalue weighted by molar-refractivity contribution is 6.08. The van der Waals surface area contributed by atoms with Gasteiger partial charge < -0.3 is 10.6 Å². The number of benzene rings is 2. The first-order valence-electron chi connectivity index (χ1n) is 7.39. The molecule has 0 spiro atoms. The van der Waals surface area contributed by atoms with Gasteiger partial charge in [-0.25, -0.2) is 8.78 Å². The molecule has 24 heavy (non-hydrogen) atoms. The molecule has 0 unspecified atom stereocenters. The van der Waals surface area contributed by atoms with Crippen molar-refractivity contribution in [2.75, 3.05) is 10.6 Å². The van der Waals surface area contributed by atoms with Crippen LogP contribution in [0.5, 0.6) is 0 Å². The normalized spacial score (nSPS) is 10.4. The van der Waals surface area contributed by atoms with E-state index in [2.05, 4.69) is 10.6 Å². The van der Waals surface area contributed by atoms with Crippen molar-refractivity contribution in [1.82, 2.24) is 0 Å². The highest BCUT2D eigenvalue weighted by Gasteiger charge is 2.14. The number of anilines is 2. The molecule has 2 N–H and O–H groups in total. The summed E-state index contributed by atoms with van der Waals surface area (Å²) in [5.41, 5.74) is 3.35. The van der Waals surface area contributed by atoms with Gasteiger partial charge in [0.15, 0.2) is 0 Å². The molecule has 4 nitrogen and oxygen atoms in total. The molecule has 126 valence electrons. The van der Waals surface area contributed by atoms with E-state index in [4.69, 9.17) is 0 Å². The predicted molar refractivity (Wildman–Crippen MR) is 88.9 cm³/mol. The van der Waals surface area contributed by atoms with Crippen molar-refractivity contribution in [2.45, 2.75) is 27.2 Å². The van der Waals surface area contributed by atoms with E-state index in [0.717, 1.165) is 28.8 Å². The highest BCUT2D eigenvalue weighted by atomic mass is 19.1. The molecule has 2 rings (SSSR count). The zero-order valence-corrected chi connectivity index (χ0v) is 13.7. The predicted octanol–water partition coefficient (Wildman–Crippen LogP) is 3.86. The molecule has 2 amide bonds. The van der Waals surface area contributed by atoms with Gasteiger partial charge in [0.25, 0.3) is 0 Å². The smallest absolute Gasteiger partial charge is 0.233 e. The van der Waals surface area contributed by atoms with Crippen LogP contribution in [0, 0.1) is 32.4 Å². The van der Waals surface area contributed by atoms with E-state index in [1.54, 1.807) is 0 Å². The number of amides is 2. The number of carbonyl (C=O) groups is 2. The van der Waals surface area contributed by atoms with Gasteiger partial charge in [0.1, 0.15) is 18.1 Å². The molecular weight excluding hydrogens is 314 g/mol. The first-order chi connectivity index (χ1) is 11.3. The molecule has 6 heteroatoms. The summed E-state index contributed by atoms with van der Waals surface area (Å²) >= 11 is 0. The lowest BCUT2D eigenvalue weighted by atomic mass is 10.0. The van der Waals surface area contributed by atoms with Gasteiger partial charge in [-0.3, -0.25) is 9.59 Å². The molecule has 2 aromatic carbocycles. The minimum atomic E-state index is -0.894. The molecule has 0 aliphatic heterocycles. The number of aryl methyl sites for hydroxylation is 3. The molecule has 0 atom stereocenters. The fourth-order valence-electron chi connectivity index (χ4n) is 2.49. The maximum atomic E-state index is 13.5. The Morgan fingerprint density at radius 2 is 1.50 bits per heavy atom. The maximum absolute atomic E-state index is 13.5. The molecule has 2 aromatic rings. The Balaban J connectivity index is 2.01. The second-order valence-electron chi connectivity index (χ2n) is 5.67. The van der Waals surface area contributed by atoms with Gasteiger partial charge in [-0.15, -0.1) is 0 Å². The van der Waals surface area contributed by atoms with Crippen molar-refractivity contribution in [3.8, 4) is 0 Å². The van der Waals surface area contributed by atoms with Crippen LogP contribution in [0.3, 0.4) is 0 Å². The molecule has 0 aliphatic rings. The first kappa shape index (κ1) is 17.6. The van der Waals surface area contributed by atoms with Crippen LogP contribution >= 0.6 is 0 Å². The lowest BCUT2D eigenvalue weighted by Gasteiger charge is -2.13. The fourth-order valence-corrected chi connectivity index (χ4v) is 2.49. The Hall–Kier alpha value is -2.76. The van der Waals surface area contributed by atoms with Crippen LogP contribution in [0.15, 0.2) is 30.3 Å². The van der Waals surface area contributed by atoms with Gasteiger partial charge in [-0.2, -0.15) is 0 Å². The summed E-state index contributed by atoms with van der Waals surface area (Å²) in [6.45, 7) is 5.68. The standard InChI is InChI=1S/C18H18F2N2O2/c1-10-6-11(2)18(12(3)7-10)22-17(24)9-16(23)21-15-5-4-13(19)8-14(15)20/h4-8H,9H2,1-3H3,(H,21,23)(H,22,24). The van der Waals surface area contributed by atoms with E-state index < -0.39 is 29.9 Å². The summed E-state index contributed by atoms with van der Waals surface area (Å²) < 4.78 is 26.3. The largest absolute Gasteiger partial charge is 0.325 e. The number of carbonyl (C=O) groups excluding carboxylic acids is 2. The van der Waals surface area contributed by atoms with E-state index in [0.29, 0.717) is 11.8 Å². The van der Waals surface area contributed by atoms with Crippen LogP contribution in [-0.4, -0.2) is 11.8 Å². The maximum Gasteiger partial charge on any atom is 0.233 e. The van der Waals surface area contributed by atoms with E-state index in [-0.39, 0.29) is 5.69 Å². The van der Waals surface area contributed by atoms with Gasteiger partial charge in [0, 0.05) is 11.8 Å². The van der Waals surface area contributed by atoms with E-state index in [1.807, 2.05) is 32.9 Å². The summed E-state index contributed by atoms with van der Waals surface area (Å²) in [7, 11) is 0. The van der Waals surface area contributed by atoms with Gasteiger partial charge >= 0.3 is 0 Å². The van der Waals surface area contributed by atoms with Crippen LogP contribution in [0.25, 0.3) is 0 Å². The molecule has 0 radical (unpaired) electrons. The van der Waals surface area contributed by atoms with E-state index >= 15 is 0 Å². The lowest BCUT2D eigenvalue weighted by Crippen LogP contribution is -2.22. The Bertz CT molecular complexity index is 781. The number of nitrogens with one attached hydrogen (secondary N) is 2. The third-order valence-corrected chi connectivity index (χ3v) is 3.47. The number of halogens is 2. The Kier molecular flexibility index (Phi) is 5.28. The Morgan fingerprint density at radius 1 is 0.917 bits per heavy atom. The molecule has 0 saturated carbocycles. The van der Waals surface area contributed by atoms with E-state index in [1.165, 1.54) is 0 Å². The minimum Gasteiger partial charge on any atom is -0.325 e. The second kappa shape index (κ2) is 7.21. The summed E-state index contributed by atoms with van der Waals surface area (Å²) in [4.78, 5) is 23.9. The molecule has 0 aliphatic carbocycles. The van der Waals surface area contributed by atoms with Crippen molar-refractivity contribution in [1.29, 1.82) is 0 Å². The SMILES string of the molecule is Cc1cc(C)c(NC(=O)CC(=O)Nc2ccc(F)cc2F)c(C)c1. The Morgan fingerprint density at radius 3 is 2.08 bits per heavy atom. The monoisotopic (exact) mass is 332 g/mol. The lowest BCUT2D eigenvalue weighted by molar-refractivity contribution is -0.123. The summed E-state index contributed by atoms with van der Waals surface area (Å²) in [5, 5.41) is 4.94. The number of hydrogen-bond donors (Lipinski definition) is 2. The average molecular weight is 332 g/mol. The fraction of sp³-hybridized carbons (Fsp3) is 0.222. The summed E-state index contributed by atoms with van der Waals surface area (Å²) in [6.07, 6.45) is -0.469. The quantitative estimate of drug-likeness (QED) is 0.835. The van der Waals surface area contributed by atoms with Crippen LogP contribution in [-0.2, 0) is 9.59 Å². The average Bonchev–Trinajstić information content (AvgIpc) is 2.45. The third-order valence-electron chi connectivity index (χ3n) is 3.47. The van der Waals surface area contributed by atoms with Crippen LogP contribution in [0.1, 0.15) is 23.1 Å². The van der Waals surface area contributed by atoms with Gasteiger partial charge in [0.2, 0.25) is 11.8 Å². The van der Waals surface area contributed by atoms with Crippen molar-refractivity contribution in [3.05, 3.63) is 58.7 Å². The van der Waals surface area contributed by atoms with Gasteiger partial charge in [0.05, 0.1) is 5.69 Å². The van der Waals surface area contributed by atoms with Crippen LogP contribution in [0.2, 0.25) is 0 Å². The molecule has 0 saturated heterocycles. The molecule has 0 bridgehead atoms. The highest BCUT2D eigenvalue weighted by Crippen LogP contribution is 2.22. The van der Waals surface area contributed by atoms with Crippen molar-refractivity contribution in [2.24, 2.45) is 0 Å². The zero-order chi connectivity index (χ0) is 17.9. The van der Waals surface area contributed by atoms with E-state index in [9.17, 15) is 18.4 Å². The van der Waals surface area contributed by atoms with Crippen molar-refractivity contribution in [3.63, 3.8) is 0 Å². The molecule has 0 fully saturated rings. The first-order valence-corrected chi connectivity index (χ1v) is 7.39. The van der Waals surface area contributed by atoms with Gasteiger partial charge in [-0.05, 0) is 44.0 Å². The third kappa shape index (κ3) is 4.38. The number of hydrogen-bond acceptors (Lipinski definition) is 2. The number of rotatable bonds is 4. The van der Waals surface area contributed by atoms with Crippen LogP contribution in [0.4, 0.5) is 20.2 Å². The minimum absolute atomic E-state index is 0.170. The molecule has 0 heterocycles. The van der Waals surface area contributed by atoms with Crippen molar-refractivity contribution >= 4 is 23.2 Å². The summed E-state index contributed by atoms with van der Waals surface area (Å²) in [6, 6.07) is 6.65. The summed E-state index contributed by atoms with van der Waals surface area (Å²) in [5.74, 6) is -2.83. The zero-order valence-electron chi connectivity index (χ0n) is 13.7. The van der Waals surface area contributed by atoms with Gasteiger partial charge in [-0.1, -0.05) is 17.7 Å². The second-order valence-corrected chi connectivity index (χ2v) is 5.67. The van der Waals surface area contributed by atoms with Crippen LogP contribution < -0.4 is 10.6 Å². The molecular formula is C18H18F2N2O2. The van der Waals surface area contributed by atoms with Crippen molar-refractivity contribution < 1.29 is 18.4 Å². The Labute approximate surface area is 138 Å².